The lowest BCUT2D eigenvalue weighted by Gasteiger charge is -2.24. The molecular formula is C13H14F2N4O. The normalized spacial score (nSPS) is 15.7. The molecule has 1 saturated heterocycles. The highest BCUT2D eigenvalue weighted by molar-refractivity contribution is 5.72. The van der Waals surface area contributed by atoms with Crippen molar-refractivity contribution in [2.45, 2.75) is 6.42 Å². The number of halogens is 2. The molecule has 1 fully saturated rings. The Morgan fingerprint density at radius 1 is 1.20 bits per heavy atom. The van der Waals surface area contributed by atoms with E-state index in [1.807, 2.05) is 0 Å². The Balaban J connectivity index is 2.24. The Morgan fingerprint density at radius 3 is 2.40 bits per heavy atom. The molecule has 2 amide bonds. The lowest BCUT2D eigenvalue weighted by Crippen LogP contribution is -2.38. The van der Waals surface area contributed by atoms with Gasteiger partial charge in [0.2, 0.25) is 0 Å². The first-order valence-corrected chi connectivity index (χ1v) is 6.21. The van der Waals surface area contributed by atoms with Crippen molar-refractivity contribution in [1.29, 1.82) is 5.26 Å². The summed E-state index contributed by atoms with van der Waals surface area (Å²) in [6.45, 7) is 1.49. The van der Waals surface area contributed by atoms with Gasteiger partial charge in [-0.25, -0.2) is 13.6 Å². The van der Waals surface area contributed by atoms with E-state index in [-0.39, 0.29) is 11.3 Å². The van der Waals surface area contributed by atoms with Crippen LogP contribution >= 0.6 is 0 Å². The third-order valence-corrected chi connectivity index (χ3v) is 3.27. The standard InChI is InChI=1S/C13H14F2N4O/c14-10-6-9(8-16)7-11(15)12(10)18-2-1-3-19(5-4-18)13(17)20/h6-7H,1-5H2,(H2,17,20). The van der Waals surface area contributed by atoms with Crippen molar-refractivity contribution in [1.82, 2.24) is 4.90 Å². The fourth-order valence-electron chi connectivity index (χ4n) is 2.29. The fourth-order valence-corrected chi connectivity index (χ4v) is 2.29. The van der Waals surface area contributed by atoms with E-state index in [2.05, 4.69) is 0 Å². The first kappa shape index (κ1) is 14.1. The summed E-state index contributed by atoms with van der Waals surface area (Å²) in [6.07, 6.45) is 0.571. The van der Waals surface area contributed by atoms with Gasteiger partial charge in [0.05, 0.1) is 11.6 Å². The molecule has 0 aromatic heterocycles. The van der Waals surface area contributed by atoms with E-state index in [0.717, 1.165) is 12.1 Å². The molecule has 20 heavy (non-hydrogen) atoms. The maximum Gasteiger partial charge on any atom is 0.314 e. The molecule has 7 heteroatoms. The van der Waals surface area contributed by atoms with Gasteiger partial charge in [0, 0.05) is 26.2 Å². The Morgan fingerprint density at radius 2 is 1.85 bits per heavy atom. The molecule has 1 aliphatic heterocycles. The molecule has 106 valence electrons. The fraction of sp³-hybridized carbons (Fsp3) is 0.385. The number of primary amides is 1. The predicted molar refractivity (Wildman–Crippen MR) is 69.1 cm³/mol. The first-order chi connectivity index (χ1) is 9.52. The van der Waals surface area contributed by atoms with Crippen molar-refractivity contribution < 1.29 is 13.6 Å². The number of amides is 2. The van der Waals surface area contributed by atoms with Crippen molar-refractivity contribution in [3.05, 3.63) is 29.3 Å². The van der Waals surface area contributed by atoms with Gasteiger partial charge in [-0.3, -0.25) is 0 Å². The minimum Gasteiger partial charge on any atom is -0.365 e. The maximum absolute atomic E-state index is 13.9. The van der Waals surface area contributed by atoms with Crippen molar-refractivity contribution in [3.8, 4) is 6.07 Å². The summed E-state index contributed by atoms with van der Waals surface area (Å²) in [6, 6.07) is 3.19. The Bertz CT molecular complexity index is 547. The lowest BCUT2D eigenvalue weighted by molar-refractivity contribution is 0.211. The maximum atomic E-state index is 13.9. The largest absolute Gasteiger partial charge is 0.365 e. The molecule has 0 unspecified atom stereocenters. The van der Waals surface area contributed by atoms with Crippen LogP contribution in [0.2, 0.25) is 0 Å². The molecule has 1 heterocycles. The number of carbonyl (C=O) groups is 1. The van der Waals surface area contributed by atoms with Gasteiger partial charge in [0.1, 0.15) is 5.69 Å². The lowest BCUT2D eigenvalue weighted by atomic mass is 10.2. The number of nitrogens with zero attached hydrogens (tertiary/aromatic N) is 3. The van der Waals surface area contributed by atoms with E-state index < -0.39 is 17.7 Å². The van der Waals surface area contributed by atoms with Crippen molar-refractivity contribution in [3.63, 3.8) is 0 Å². The average molecular weight is 280 g/mol. The van der Waals surface area contributed by atoms with Crippen LogP contribution in [0.1, 0.15) is 12.0 Å². The molecule has 0 bridgehead atoms. The van der Waals surface area contributed by atoms with Gasteiger partial charge < -0.3 is 15.5 Å². The molecular weight excluding hydrogens is 266 g/mol. The van der Waals surface area contributed by atoms with Crippen LogP contribution in [0.4, 0.5) is 19.3 Å². The number of hydrogen-bond acceptors (Lipinski definition) is 3. The molecule has 2 rings (SSSR count). The number of nitrogens with two attached hydrogens (primary N) is 1. The minimum absolute atomic E-state index is 0.0580. The topological polar surface area (TPSA) is 73.4 Å². The number of anilines is 1. The van der Waals surface area contributed by atoms with Crippen molar-refractivity contribution >= 4 is 11.7 Å². The summed E-state index contributed by atoms with van der Waals surface area (Å²) < 4.78 is 27.9. The number of hydrogen-bond donors (Lipinski definition) is 1. The minimum atomic E-state index is -0.769. The van der Waals surface area contributed by atoms with Crippen LogP contribution in [0.3, 0.4) is 0 Å². The highest BCUT2D eigenvalue weighted by atomic mass is 19.1. The molecule has 0 saturated carbocycles. The Kier molecular flexibility index (Phi) is 4.03. The first-order valence-electron chi connectivity index (χ1n) is 6.21. The van der Waals surface area contributed by atoms with Crippen LogP contribution in [0.25, 0.3) is 0 Å². The third-order valence-electron chi connectivity index (χ3n) is 3.27. The number of carbonyl (C=O) groups excluding carboxylic acids is 1. The van der Waals surface area contributed by atoms with Gasteiger partial charge in [0.15, 0.2) is 11.6 Å². The Hall–Kier alpha value is -2.36. The monoisotopic (exact) mass is 280 g/mol. The van der Waals surface area contributed by atoms with Crippen LogP contribution in [-0.4, -0.2) is 37.1 Å². The van der Waals surface area contributed by atoms with Crippen molar-refractivity contribution in [2.24, 2.45) is 5.73 Å². The molecule has 1 aromatic carbocycles. The molecule has 0 radical (unpaired) electrons. The predicted octanol–water partition coefficient (Wildman–Crippen LogP) is 1.43. The quantitative estimate of drug-likeness (QED) is 0.845. The highest BCUT2D eigenvalue weighted by Crippen LogP contribution is 2.25. The molecule has 0 aliphatic carbocycles. The summed E-state index contributed by atoms with van der Waals surface area (Å²) in [7, 11) is 0. The van der Waals surface area contributed by atoms with E-state index in [1.165, 1.54) is 9.80 Å². The second kappa shape index (κ2) is 5.74. The summed E-state index contributed by atoms with van der Waals surface area (Å²) in [5, 5.41) is 8.67. The van der Waals surface area contributed by atoms with E-state index in [0.29, 0.717) is 32.6 Å². The zero-order valence-electron chi connectivity index (χ0n) is 10.8. The molecule has 5 nitrogen and oxygen atoms in total. The molecule has 1 aliphatic rings. The van der Waals surface area contributed by atoms with Crippen LogP contribution < -0.4 is 10.6 Å². The van der Waals surface area contributed by atoms with Gasteiger partial charge in [-0.15, -0.1) is 0 Å². The second-order valence-electron chi connectivity index (χ2n) is 4.57. The molecule has 0 atom stereocenters. The van der Waals surface area contributed by atoms with Crippen molar-refractivity contribution in [2.75, 3.05) is 31.1 Å². The highest BCUT2D eigenvalue weighted by Gasteiger charge is 2.22. The zero-order chi connectivity index (χ0) is 14.7. The smallest absolute Gasteiger partial charge is 0.314 e. The van der Waals surface area contributed by atoms with Gasteiger partial charge in [-0.1, -0.05) is 0 Å². The number of urea groups is 1. The summed E-state index contributed by atoms with van der Waals surface area (Å²) in [5.74, 6) is -1.54. The van der Waals surface area contributed by atoms with Gasteiger partial charge in [0.25, 0.3) is 0 Å². The van der Waals surface area contributed by atoms with E-state index in [1.54, 1.807) is 6.07 Å². The average Bonchev–Trinajstić information content (AvgIpc) is 2.63. The van der Waals surface area contributed by atoms with E-state index in [4.69, 9.17) is 11.0 Å². The SMILES string of the molecule is N#Cc1cc(F)c(N2CCCN(C(N)=O)CC2)c(F)c1. The Labute approximate surface area is 115 Å². The number of rotatable bonds is 1. The number of nitriles is 1. The van der Waals surface area contributed by atoms with Gasteiger partial charge in [-0.05, 0) is 18.6 Å². The molecule has 0 spiro atoms. The zero-order valence-corrected chi connectivity index (χ0v) is 10.8. The molecule has 1 aromatic rings. The number of benzene rings is 1. The second-order valence-corrected chi connectivity index (χ2v) is 4.57. The summed E-state index contributed by atoms with van der Waals surface area (Å²) in [5.41, 5.74) is 4.99. The van der Waals surface area contributed by atoms with Crippen LogP contribution in [-0.2, 0) is 0 Å². The summed E-state index contributed by atoms with van der Waals surface area (Å²) >= 11 is 0. The summed E-state index contributed by atoms with van der Waals surface area (Å²) in [4.78, 5) is 14.1. The van der Waals surface area contributed by atoms with Crippen LogP contribution in [0.5, 0.6) is 0 Å². The van der Waals surface area contributed by atoms with Gasteiger partial charge in [-0.2, -0.15) is 5.26 Å². The van der Waals surface area contributed by atoms with Crippen LogP contribution in [0.15, 0.2) is 12.1 Å². The van der Waals surface area contributed by atoms with Crippen LogP contribution in [0, 0.1) is 23.0 Å². The van der Waals surface area contributed by atoms with Gasteiger partial charge >= 0.3 is 6.03 Å². The van der Waals surface area contributed by atoms with E-state index >= 15 is 0 Å². The molecule has 2 N–H and O–H groups in total. The third kappa shape index (κ3) is 2.79. The van der Waals surface area contributed by atoms with E-state index in [9.17, 15) is 13.6 Å².